The van der Waals surface area contributed by atoms with Gasteiger partial charge in [0.2, 0.25) is 0 Å². The summed E-state index contributed by atoms with van der Waals surface area (Å²) >= 11 is 0. The molecule has 214 valence electrons. The lowest BCUT2D eigenvalue weighted by Crippen LogP contribution is -2.48. The summed E-state index contributed by atoms with van der Waals surface area (Å²) in [7, 11) is 3.25. The first-order chi connectivity index (χ1) is 19.3. The van der Waals surface area contributed by atoms with E-state index in [4.69, 9.17) is 15.2 Å². The van der Waals surface area contributed by atoms with Gasteiger partial charge in [0.25, 0.3) is 5.91 Å². The van der Waals surface area contributed by atoms with E-state index >= 15 is 4.39 Å². The standard InChI is InChI=1S/C33H41FN2O4/c1-23-18-26(20-28(19-23)40-3)31-29(9-6-10-30(31)34)33(38,15-4-5-17-39-2)27-8-7-16-36(22-27)32(37)25-13-11-24(21-35)12-14-25/h6,9-14,18-20,27,38H,4-5,7-8,15-17,21-22,35H2,1-3H3/t27?,33-/m0/s1. The van der Waals surface area contributed by atoms with Crippen LogP contribution in [-0.4, -0.2) is 49.8 Å². The van der Waals surface area contributed by atoms with E-state index in [0.717, 1.165) is 30.4 Å². The lowest BCUT2D eigenvalue weighted by molar-refractivity contribution is -0.0575. The summed E-state index contributed by atoms with van der Waals surface area (Å²) in [6, 6.07) is 17.9. The minimum absolute atomic E-state index is 0.0714. The van der Waals surface area contributed by atoms with E-state index in [0.29, 0.717) is 67.1 Å². The van der Waals surface area contributed by atoms with E-state index in [9.17, 15) is 9.90 Å². The Morgan fingerprint density at radius 1 is 1.12 bits per heavy atom. The summed E-state index contributed by atoms with van der Waals surface area (Å²) in [5.74, 6) is -0.117. The molecule has 1 aliphatic rings. The third-order valence-corrected chi connectivity index (χ3v) is 8.03. The highest BCUT2D eigenvalue weighted by Gasteiger charge is 2.43. The maximum Gasteiger partial charge on any atom is 0.253 e. The van der Waals surface area contributed by atoms with Gasteiger partial charge >= 0.3 is 0 Å². The molecule has 3 aromatic carbocycles. The van der Waals surface area contributed by atoms with E-state index in [1.54, 1.807) is 32.4 Å². The first-order valence-corrected chi connectivity index (χ1v) is 14.1. The molecular formula is C33H41FN2O4. The van der Waals surface area contributed by atoms with E-state index in [1.807, 2.05) is 48.2 Å². The monoisotopic (exact) mass is 548 g/mol. The number of benzene rings is 3. The number of hydrogen-bond donors (Lipinski definition) is 2. The van der Waals surface area contributed by atoms with Crippen molar-refractivity contribution in [2.45, 2.75) is 51.2 Å². The number of piperidine rings is 1. The number of ether oxygens (including phenoxy) is 2. The van der Waals surface area contributed by atoms with Gasteiger partial charge in [-0.05, 0) is 91.6 Å². The van der Waals surface area contributed by atoms with Crippen molar-refractivity contribution in [3.05, 3.63) is 88.7 Å². The predicted octanol–water partition coefficient (Wildman–Crippen LogP) is 5.83. The first-order valence-electron chi connectivity index (χ1n) is 14.1. The molecule has 0 bridgehead atoms. The van der Waals surface area contributed by atoms with Crippen LogP contribution in [0.15, 0.2) is 60.7 Å². The number of nitrogens with two attached hydrogens (primary N) is 1. The van der Waals surface area contributed by atoms with E-state index in [-0.39, 0.29) is 11.8 Å². The number of carbonyl (C=O) groups is 1. The summed E-state index contributed by atoms with van der Waals surface area (Å²) in [5.41, 5.74) is 8.44. The molecular weight excluding hydrogens is 507 g/mol. The molecule has 1 fully saturated rings. The Kier molecular flexibility index (Phi) is 9.95. The number of unbranched alkanes of at least 4 members (excludes halogenated alkanes) is 1. The van der Waals surface area contributed by atoms with Crippen LogP contribution in [0.2, 0.25) is 0 Å². The van der Waals surface area contributed by atoms with Crippen LogP contribution in [0.3, 0.4) is 0 Å². The Hall–Kier alpha value is -3.26. The predicted molar refractivity (Wildman–Crippen MR) is 156 cm³/mol. The molecule has 1 amide bonds. The summed E-state index contributed by atoms with van der Waals surface area (Å²) in [6.45, 7) is 3.92. The van der Waals surface area contributed by atoms with Crippen LogP contribution >= 0.6 is 0 Å². The molecule has 4 rings (SSSR count). The first kappa shape index (κ1) is 29.7. The Morgan fingerprint density at radius 3 is 2.60 bits per heavy atom. The van der Waals surface area contributed by atoms with Crippen molar-refractivity contribution in [1.82, 2.24) is 4.90 Å². The summed E-state index contributed by atoms with van der Waals surface area (Å²) in [6.07, 6.45) is 3.37. The van der Waals surface area contributed by atoms with Gasteiger partial charge in [0.15, 0.2) is 0 Å². The van der Waals surface area contributed by atoms with Crippen molar-refractivity contribution >= 4 is 5.91 Å². The molecule has 0 radical (unpaired) electrons. The van der Waals surface area contributed by atoms with Gasteiger partial charge in [0, 0.05) is 50.4 Å². The van der Waals surface area contributed by atoms with Crippen molar-refractivity contribution in [2.75, 3.05) is 33.9 Å². The fourth-order valence-corrected chi connectivity index (χ4v) is 5.91. The fraction of sp³-hybridized carbons (Fsp3) is 0.424. The highest BCUT2D eigenvalue weighted by Crippen LogP contribution is 2.45. The molecule has 1 unspecified atom stereocenters. The van der Waals surface area contributed by atoms with Gasteiger partial charge in [-0.2, -0.15) is 0 Å². The van der Waals surface area contributed by atoms with Gasteiger partial charge in [-0.25, -0.2) is 4.39 Å². The zero-order valence-corrected chi connectivity index (χ0v) is 23.8. The fourth-order valence-electron chi connectivity index (χ4n) is 5.91. The minimum atomic E-state index is -1.36. The molecule has 6 nitrogen and oxygen atoms in total. The molecule has 40 heavy (non-hydrogen) atoms. The number of aryl methyl sites for hydroxylation is 1. The number of rotatable bonds is 11. The molecule has 3 N–H and O–H groups in total. The normalized spacial score (nSPS) is 16.9. The van der Waals surface area contributed by atoms with Gasteiger partial charge in [0.1, 0.15) is 11.6 Å². The van der Waals surface area contributed by atoms with Crippen molar-refractivity contribution < 1.29 is 23.8 Å². The lowest BCUT2D eigenvalue weighted by atomic mass is 9.72. The second kappa shape index (κ2) is 13.4. The molecule has 0 aromatic heterocycles. The smallest absolute Gasteiger partial charge is 0.253 e. The number of methoxy groups -OCH3 is 2. The number of halogens is 1. The Bertz CT molecular complexity index is 1300. The molecule has 0 spiro atoms. The molecule has 3 aromatic rings. The summed E-state index contributed by atoms with van der Waals surface area (Å²) in [5, 5.41) is 12.6. The number of likely N-dealkylation sites (tertiary alicyclic amines) is 1. The molecule has 2 atom stereocenters. The number of hydrogen-bond acceptors (Lipinski definition) is 5. The van der Waals surface area contributed by atoms with Gasteiger partial charge < -0.3 is 25.2 Å². The minimum Gasteiger partial charge on any atom is -0.497 e. The summed E-state index contributed by atoms with van der Waals surface area (Å²) < 4.78 is 26.4. The largest absolute Gasteiger partial charge is 0.497 e. The van der Waals surface area contributed by atoms with Crippen LogP contribution in [0.25, 0.3) is 11.1 Å². The zero-order chi connectivity index (χ0) is 28.7. The topological polar surface area (TPSA) is 85.0 Å². The van der Waals surface area contributed by atoms with Crippen molar-refractivity contribution in [3.8, 4) is 16.9 Å². The highest BCUT2D eigenvalue weighted by molar-refractivity contribution is 5.94. The van der Waals surface area contributed by atoms with Gasteiger partial charge in [0.05, 0.1) is 12.7 Å². The molecule has 1 heterocycles. The quantitative estimate of drug-likeness (QED) is 0.295. The van der Waals surface area contributed by atoms with E-state index < -0.39 is 11.4 Å². The molecule has 7 heteroatoms. The van der Waals surface area contributed by atoms with Crippen LogP contribution < -0.4 is 10.5 Å². The third-order valence-electron chi connectivity index (χ3n) is 8.03. The Morgan fingerprint density at radius 2 is 1.90 bits per heavy atom. The number of aliphatic hydroxyl groups is 1. The molecule has 0 aliphatic carbocycles. The van der Waals surface area contributed by atoms with Crippen LogP contribution in [0.4, 0.5) is 4.39 Å². The molecule has 0 saturated carbocycles. The molecule has 1 saturated heterocycles. The van der Waals surface area contributed by atoms with Gasteiger partial charge in [-0.3, -0.25) is 4.79 Å². The van der Waals surface area contributed by atoms with Crippen LogP contribution in [-0.2, 0) is 16.9 Å². The number of carbonyl (C=O) groups excluding carboxylic acids is 1. The second-order valence-corrected chi connectivity index (χ2v) is 10.8. The van der Waals surface area contributed by atoms with Crippen LogP contribution in [0.1, 0.15) is 59.2 Å². The lowest BCUT2D eigenvalue weighted by Gasteiger charge is -2.43. The zero-order valence-electron chi connectivity index (χ0n) is 23.8. The maximum atomic E-state index is 15.7. The Balaban J connectivity index is 1.73. The van der Waals surface area contributed by atoms with Crippen LogP contribution in [0, 0.1) is 18.7 Å². The maximum absolute atomic E-state index is 15.7. The van der Waals surface area contributed by atoms with E-state index in [2.05, 4.69) is 0 Å². The summed E-state index contributed by atoms with van der Waals surface area (Å²) in [4.78, 5) is 15.3. The van der Waals surface area contributed by atoms with Crippen molar-refractivity contribution in [3.63, 3.8) is 0 Å². The average Bonchev–Trinajstić information content (AvgIpc) is 2.98. The number of nitrogens with zero attached hydrogens (tertiary/aromatic N) is 1. The Labute approximate surface area is 236 Å². The van der Waals surface area contributed by atoms with Crippen molar-refractivity contribution in [2.24, 2.45) is 11.7 Å². The van der Waals surface area contributed by atoms with Gasteiger partial charge in [-0.1, -0.05) is 30.3 Å². The van der Waals surface area contributed by atoms with Crippen molar-refractivity contribution in [1.29, 1.82) is 0 Å². The third kappa shape index (κ3) is 6.54. The van der Waals surface area contributed by atoms with Gasteiger partial charge in [-0.15, -0.1) is 0 Å². The highest BCUT2D eigenvalue weighted by atomic mass is 19.1. The van der Waals surface area contributed by atoms with E-state index in [1.165, 1.54) is 6.07 Å². The average molecular weight is 549 g/mol. The number of amides is 1. The molecule has 1 aliphatic heterocycles. The SMILES string of the molecule is COCCCC[C@@](O)(c1cccc(F)c1-c1cc(C)cc(OC)c1)C1CCCN(C(=O)c2ccc(CN)cc2)C1. The second-order valence-electron chi connectivity index (χ2n) is 10.8. The van der Waals surface area contributed by atoms with Crippen LogP contribution in [0.5, 0.6) is 5.75 Å².